The summed E-state index contributed by atoms with van der Waals surface area (Å²) in [6, 6.07) is -0.394. The van der Waals surface area contributed by atoms with Gasteiger partial charge in [0.2, 0.25) is 0 Å². The third-order valence-corrected chi connectivity index (χ3v) is 2.91. The van der Waals surface area contributed by atoms with Gasteiger partial charge in [-0.3, -0.25) is 0 Å². The Kier molecular flexibility index (Phi) is 4.75. The zero-order valence-electron chi connectivity index (χ0n) is 8.97. The number of hydrogen-bond acceptors (Lipinski definition) is 2. The van der Waals surface area contributed by atoms with Crippen molar-refractivity contribution in [3.05, 3.63) is 0 Å². The summed E-state index contributed by atoms with van der Waals surface area (Å²) in [6.07, 6.45) is -0.269. The van der Waals surface area contributed by atoms with E-state index >= 15 is 0 Å². The van der Waals surface area contributed by atoms with Gasteiger partial charge in [0.1, 0.15) is 0 Å². The van der Waals surface area contributed by atoms with E-state index in [1.807, 2.05) is 0 Å². The molecule has 1 aliphatic heterocycles. The maximum absolute atomic E-state index is 12.3. The van der Waals surface area contributed by atoms with Crippen LogP contribution in [0.4, 0.5) is 8.78 Å². The first-order valence-electron chi connectivity index (χ1n) is 5.40. The highest BCUT2D eigenvalue weighted by Gasteiger charge is 2.22. The number of alkyl halides is 2. The van der Waals surface area contributed by atoms with Gasteiger partial charge in [-0.05, 0) is 39.4 Å². The first kappa shape index (κ1) is 11.9. The molecule has 1 saturated heterocycles. The zero-order valence-corrected chi connectivity index (χ0v) is 8.97. The third-order valence-electron chi connectivity index (χ3n) is 2.91. The molecule has 0 amide bonds. The number of rotatable bonds is 4. The van der Waals surface area contributed by atoms with E-state index in [0.29, 0.717) is 0 Å². The molecule has 0 aliphatic carbocycles. The van der Waals surface area contributed by atoms with Crippen LogP contribution in [0.3, 0.4) is 0 Å². The van der Waals surface area contributed by atoms with Gasteiger partial charge in [0.15, 0.2) is 0 Å². The highest BCUT2D eigenvalue weighted by molar-refractivity contribution is 4.79. The number of nitrogens with one attached hydrogen (secondary N) is 1. The second kappa shape index (κ2) is 5.61. The molecule has 1 rings (SSSR count). The average Bonchev–Trinajstić information content (AvgIpc) is 2.19. The number of hydrogen-bond donors (Lipinski definition) is 1. The van der Waals surface area contributed by atoms with Gasteiger partial charge in [-0.25, -0.2) is 8.78 Å². The lowest BCUT2D eigenvalue weighted by Gasteiger charge is -2.33. The van der Waals surface area contributed by atoms with Gasteiger partial charge in [0, 0.05) is 6.04 Å². The minimum atomic E-state index is -2.25. The predicted molar refractivity (Wildman–Crippen MR) is 53.7 cm³/mol. The number of halogens is 2. The Morgan fingerprint density at radius 2 is 1.93 bits per heavy atom. The molecular weight excluding hydrogens is 186 g/mol. The van der Waals surface area contributed by atoms with Crippen molar-refractivity contribution in [3.8, 4) is 0 Å². The summed E-state index contributed by atoms with van der Waals surface area (Å²) in [7, 11) is 0. The molecule has 0 spiro atoms. The smallest absolute Gasteiger partial charge is 0.253 e. The van der Waals surface area contributed by atoms with Crippen molar-refractivity contribution in [1.29, 1.82) is 0 Å². The van der Waals surface area contributed by atoms with Crippen LogP contribution >= 0.6 is 0 Å². The molecule has 0 radical (unpaired) electrons. The summed E-state index contributed by atoms with van der Waals surface area (Å²) in [4.78, 5) is 2.35. The summed E-state index contributed by atoms with van der Waals surface area (Å²) in [5.74, 6) is 0. The minimum Gasteiger partial charge on any atom is -0.306 e. The van der Waals surface area contributed by atoms with Crippen LogP contribution in [0.1, 0.15) is 26.7 Å². The van der Waals surface area contributed by atoms with Crippen LogP contribution in [0.2, 0.25) is 0 Å². The molecular formula is C10H20F2N2. The van der Waals surface area contributed by atoms with Crippen molar-refractivity contribution >= 4 is 0 Å². The molecule has 4 heteroatoms. The molecule has 1 unspecified atom stereocenters. The molecule has 1 N–H and O–H groups in total. The summed E-state index contributed by atoms with van der Waals surface area (Å²) in [6.45, 7) is 6.82. The van der Waals surface area contributed by atoms with Gasteiger partial charge in [0.05, 0.1) is 6.04 Å². The summed E-state index contributed by atoms with van der Waals surface area (Å²) < 4.78 is 24.5. The largest absolute Gasteiger partial charge is 0.306 e. The first-order valence-corrected chi connectivity index (χ1v) is 5.40. The van der Waals surface area contributed by atoms with Crippen molar-refractivity contribution in [1.82, 2.24) is 10.2 Å². The Bertz CT molecular complexity index is 156. The molecule has 1 fully saturated rings. The van der Waals surface area contributed by atoms with E-state index in [1.165, 1.54) is 0 Å². The van der Waals surface area contributed by atoms with E-state index in [4.69, 9.17) is 0 Å². The van der Waals surface area contributed by atoms with Gasteiger partial charge in [-0.2, -0.15) is 0 Å². The monoisotopic (exact) mass is 206 g/mol. The van der Waals surface area contributed by atoms with Gasteiger partial charge in [-0.15, -0.1) is 0 Å². The molecule has 1 heterocycles. The maximum atomic E-state index is 12.3. The van der Waals surface area contributed by atoms with Crippen LogP contribution in [-0.4, -0.2) is 43.0 Å². The molecule has 2 nitrogen and oxygen atoms in total. The van der Waals surface area contributed by atoms with Crippen molar-refractivity contribution in [3.63, 3.8) is 0 Å². The minimum absolute atomic E-state index is 0.279. The maximum Gasteiger partial charge on any atom is 0.253 e. The highest BCUT2D eigenvalue weighted by Crippen LogP contribution is 2.12. The fourth-order valence-corrected chi connectivity index (χ4v) is 1.86. The summed E-state index contributed by atoms with van der Waals surface area (Å²) >= 11 is 0. The number of piperidine rings is 1. The molecule has 0 saturated carbocycles. The Morgan fingerprint density at radius 3 is 2.36 bits per heavy atom. The van der Waals surface area contributed by atoms with Crippen molar-refractivity contribution in [2.45, 2.75) is 45.2 Å². The first-order chi connectivity index (χ1) is 6.63. The quantitative estimate of drug-likeness (QED) is 0.753. The molecule has 0 aromatic heterocycles. The van der Waals surface area contributed by atoms with E-state index in [2.05, 4.69) is 17.1 Å². The van der Waals surface area contributed by atoms with Crippen LogP contribution in [0.5, 0.6) is 0 Å². The van der Waals surface area contributed by atoms with E-state index in [0.717, 1.165) is 32.5 Å². The van der Waals surface area contributed by atoms with E-state index in [1.54, 1.807) is 6.92 Å². The van der Waals surface area contributed by atoms with Gasteiger partial charge in [0.25, 0.3) is 6.43 Å². The van der Waals surface area contributed by atoms with Crippen LogP contribution in [0.15, 0.2) is 0 Å². The highest BCUT2D eigenvalue weighted by atomic mass is 19.3. The van der Waals surface area contributed by atoms with E-state index < -0.39 is 12.5 Å². The molecule has 1 atom stereocenters. The van der Waals surface area contributed by atoms with E-state index in [9.17, 15) is 8.78 Å². The molecule has 14 heavy (non-hydrogen) atoms. The SMILES string of the molecule is CCN1CCC(NC(C)C(F)F)CC1. The summed E-state index contributed by atoms with van der Waals surface area (Å²) in [5.41, 5.74) is 0. The van der Waals surface area contributed by atoms with Crippen LogP contribution < -0.4 is 5.32 Å². The van der Waals surface area contributed by atoms with Gasteiger partial charge >= 0.3 is 0 Å². The number of likely N-dealkylation sites (tertiary alicyclic amines) is 1. The Balaban J connectivity index is 2.22. The van der Waals surface area contributed by atoms with Crippen LogP contribution in [-0.2, 0) is 0 Å². The lowest BCUT2D eigenvalue weighted by molar-refractivity contribution is 0.0908. The van der Waals surface area contributed by atoms with Crippen LogP contribution in [0.25, 0.3) is 0 Å². The third kappa shape index (κ3) is 3.50. The number of nitrogens with zero attached hydrogens (tertiary/aromatic N) is 1. The second-order valence-corrected chi connectivity index (χ2v) is 4.00. The Labute approximate surface area is 84.7 Å². The molecule has 0 aromatic rings. The van der Waals surface area contributed by atoms with E-state index in [-0.39, 0.29) is 6.04 Å². The molecule has 0 bridgehead atoms. The lowest BCUT2D eigenvalue weighted by Crippen LogP contribution is -2.47. The Morgan fingerprint density at radius 1 is 1.36 bits per heavy atom. The fraction of sp³-hybridized carbons (Fsp3) is 1.00. The lowest BCUT2D eigenvalue weighted by atomic mass is 10.0. The van der Waals surface area contributed by atoms with Gasteiger partial charge in [-0.1, -0.05) is 6.92 Å². The topological polar surface area (TPSA) is 15.3 Å². The zero-order chi connectivity index (χ0) is 10.6. The molecule has 84 valence electrons. The molecule has 1 aliphatic rings. The standard InChI is InChI=1S/C10H20F2N2/c1-3-14-6-4-9(5-7-14)13-8(2)10(11)12/h8-10,13H,3-7H2,1-2H3. The van der Waals surface area contributed by atoms with Crippen LogP contribution in [0, 0.1) is 0 Å². The van der Waals surface area contributed by atoms with Gasteiger partial charge < -0.3 is 10.2 Å². The Hall–Kier alpha value is -0.220. The van der Waals surface area contributed by atoms with Crippen molar-refractivity contribution < 1.29 is 8.78 Å². The average molecular weight is 206 g/mol. The molecule has 0 aromatic carbocycles. The normalized spacial score (nSPS) is 22.9. The summed E-state index contributed by atoms with van der Waals surface area (Å²) in [5, 5.41) is 2.99. The van der Waals surface area contributed by atoms with Crippen molar-refractivity contribution in [2.75, 3.05) is 19.6 Å². The van der Waals surface area contributed by atoms with Crippen molar-refractivity contribution in [2.24, 2.45) is 0 Å². The predicted octanol–water partition coefficient (Wildman–Crippen LogP) is 1.71. The fourth-order valence-electron chi connectivity index (χ4n) is 1.86. The second-order valence-electron chi connectivity index (χ2n) is 4.00.